The van der Waals surface area contributed by atoms with Gasteiger partial charge in [0, 0.05) is 24.7 Å². The molecule has 0 bridgehead atoms. The summed E-state index contributed by atoms with van der Waals surface area (Å²) < 4.78 is 15.0. The van der Waals surface area contributed by atoms with Crippen LogP contribution in [0, 0.1) is 6.92 Å². The van der Waals surface area contributed by atoms with Gasteiger partial charge in [-0.25, -0.2) is 19.2 Å². The highest BCUT2D eigenvalue weighted by Gasteiger charge is 2.34. The molecule has 0 aliphatic carbocycles. The number of aryl methyl sites for hydroxylation is 1. The first-order valence-corrected chi connectivity index (χ1v) is 12.3. The Morgan fingerprint density at radius 2 is 2.09 bits per heavy atom. The van der Waals surface area contributed by atoms with E-state index >= 15 is 0 Å². The Bertz CT molecular complexity index is 1210. The zero-order chi connectivity index (χ0) is 23.9. The lowest BCUT2D eigenvalue weighted by Crippen LogP contribution is -2.52. The van der Waals surface area contributed by atoms with Crippen molar-refractivity contribution in [3.63, 3.8) is 0 Å². The van der Waals surface area contributed by atoms with Gasteiger partial charge < -0.3 is 25.6 Å². The van der Waals surface area contributed by atoms with E-state index in [9.17, 15) is 19.1 Å². The third-order valence-electron chi connectivity index (χ3n) is 5.18. The van der Waals surface area contributed by atoms with Gasteiger partial charge in [-0.3, -0.25) is 4.79 Å². The summed E-state index contributed by atoms with van der Waals surface area (Å²) in [6, 6.07) is -0.734. The standard InChI is InChI=1S/C19H19Cl2FN6O3S2/c1-7-11(20)12(21)14(24-7)16(29)25-9-3-4-28(5-8(9)22)19-27-13(15(33-19)17(30)31)10-6-32-18(23-2)26-10/h6,8-9,24H,3-5H2,1-2H3,(H,23,26)(H,25,29)(H,30,31)/t8-,9+/m0/s1. The predicted molar refractivity (Wildman–Crippen MR) is 128 cm³/mol. The van der Waals surface area contributed by atoms with E-state index in [2.05, 4.69) is 25.6 Å². The number of carboxylic acid groups (broad SMARTS) is 1. The Hall–Kier alpha value is -2.41. The molecule has 4 N–H and O–H groups in total. The summed E-state index contributed by atoms with van der Waals surface area (Å²) in [6.45, 7) is 2.02. The number of aromatic amines is 1. The number of thiazole rings is 2. The molecule has 9 nitrogen and oxygen atoms in total. The molecule has 2 atom stereocenters. The van der Waals surface area contributed by atoms with E-state index in [0.29, 0.717) is 34.6 Å². The first kappa shape index (κ1) is 23.7. The minimum Gasteiger partial charge on any atom is -0.477 e. The van der Waals surface area contributed by atoms with Crippen LogP contribution in [0.25, 0.3) is 11.4 Å². The molecule has 4 heterocycles. The van der Waals surface area contributed by atoms with Gasteiger partial charge in [-0.15, -0.1) is 11.3 Å². The average molecular weight is 533 g/mol. The lowest BCUT2D eigenvalue weighted by Gasteiger charge is -2.34. The lowest BCUT2D eigenvalue weighted by atomic mass is 10.0. The highest BCUT2D eigenvalue weighted by Crippen LogP contribution is 2.36. The number of carbonyl (C=O) groups is 2. The summed E-state index contributed by atoms with van der Waals surface area (Å²) in [7, 11) is 1.72. The Morgan fingerprint density at radius 1 is 1.33 bits per heavy atom. The summed E-state index contributed by atoms with van der Waals surface area (Å²) in [5, 5.41) is 18.3. The minimum absolute atomic E-state index is 0.0393. The molecule has 1 aliphatic rings. The van der Waals surface area contributed by atoms with Gasteiger partial charge in [0.15, 0.2) is 10.3 Å². The molecule has 0 saturated carbocycles. The number of aromatic carboxylic acids is 1. The Morgan fingerprint density at radius 3 is 2.67 bits per heavy atom. The molecule has 1 amide bonds. The highest BCUT2D eigenvalue weighted by molar-refractivity contribution is 7.18. The van der Waals surface area contributed by atoms with Crippen molar-refractivity contribution in [3.8, 4) is 11.4 Å². The van der Waals surface area contributed by atoms with Crippen molar-refractivity contribution in [1.29, 1.82) is 0 Å². The first-order valence-electron chi connectivity index (χ1n) is 9.80. The number of piperidine rings is 1. The van der Waals surface area contributed by atoms with Crippen LogP contribution in [0.5, 0.6) is 0 Å². The van der Waals surface area contributed by atoms with Gasteiger partial charge in [0.2, 0.25) is 0 Å². The lowest BCUT2D eigenvalue weighted by molar-refractivity contribution is 0.0702. The molecule has 1 saturated heterocycles. The maximum atomic E-state index is 15.0. The molecule has 0 aromatic carbocycles. The fourth-order valence-electron chi connectivity index (χ4n) is 3.47. The van der Waals surface area contributed by atoms with E-state index in [-0.39, 0.29) is 32.9 Å². The van der Waals surface area contributed by atoms with Crippen molar-refractivity contribution in [2.45, 2.75) is 25.6 Å². The Kier molecular flexibility index (Phi) is 6.80. The average Bonchev–Trinajstić information content (AvgIpc) is 3.49. The fraction of sp³-hybridized carbons (Fsp3) is 0.368. The molecule has 0 spiro atoms. The number of hydrogen-bond acceptors (Lipinski definition) is 8. The van der Waals surface area contributed by atoms with E-state index in [1.54, 1.807) is 24.3 Å². The topological polar surface area (TPSA) is 123 Å². The second-order valence-corrected chi connectivity index (χ2v) is 9.94. The molecule has 1 aliphatic heterocycles. The Labute approximate surface area is 206 Å². The van der Waals surface area contributed by atoms with Crippen LogP contribution in [-0.2, 0) is 0 Å². The quantitative estimate of drug-likeness (QED) is 0.373. The van der Waals surface area contributed by atoms with Crippen molar-refractivity contribution in [3.05, 3.63) is 31.7 Å². The Balaban J connectivity index is 1.48. The largest absolute Gasteiger partial charge is 0.477 e. The van der Waals surface area contributed by atoms with Gasteiger partial charge in [-0.05, 0) is 13.3 Å². The molecular weight excluding hydrogens is 514 g/mol. The molecular formula is C19H19Cl2FN6O3S2. The van der Waals surface area contributed by atoms with Gasteiger partial charge in [0.05, 0.1) is 22.6 Å². The number of carboxylic acids is 1. The van der Waals surface area contributed by atoms with Crippen LogP contribution < -0.4 is 15.5 Å². The molecule has 3 aromatic rings. The molecule has 176 valence electrons. The van der Waals surface area contributed by atoms with Crippen molar-refractivity contribution < 1.29 is 19.1 Å². The van der Waals surface area contributed by atoms with Crippen LogP contribution in [0.15, 0.2) is 5.38 Å². The summed E-state index contributed by atoms with van der Waals surface area (Å²) in [5.74, 6) is -1.66. The van der Waals surface area contributed by atoms with Gasteiger partial charge in [0.1, 0.15) is 28.1 Å². The van der Waals surface area contributed by atoms with Gasteiger partial charge in [-0.1, -0.05) is 34.5 Å². The van der Waals surface area contributed by atoms with Crippen LogP contribution in [0.1, 0.15) is 32.3 Å². The second kappa shape index (κ2) is 9.45. The summed E-state index contributed by atoms with van der Waals surface area (Å²) in [6.07, 6.45) is -1.10. The smallest absolute Gasteiger partial charge is 0.348 e. The molecule has 1 fully saturated rings. The van der Waals surface area contributed by atoms with Crippen LogP contribution in [0.3, 0.4) is 0 Å². The summed E-state index contributed by atoms with van der Waals surface area (Å²) in [5.41, 5.74) is 1.34. The molecule has 4 rings (SSSR count). The predicted octanol–water partition coefficient (Wildman–Crippen LogP) is 4.30. The number of H-pyrrole nitrogens is 1. The molecule has 33 heavy (non-hydrogen) atoms. The molecule has 0 radical (unpaired) electrons. The number of aromatic nitrogens is 3. The van der Waals surface area contributed by atoms with Crippen molar-refractivity contribution in [1.82, 2.24) is 20.3 Å². The number of hydrogen-bond donors (Lipinski definition) is 4. The second-order valence-electron chi connectivity index (χ2n) is 7.35. The van der Waals surface area contributed by atoms with Crippen LogP contribution >= 0.6 is 45.9 Å². The molecule has 14 heteroatoms. The zero-order valence-electron chi connectivity index (χ0n) is 17.4. The third kappa shape index (κ3) is 4.65. The highest BCUT2D eigenvalue weighted by atomic mass is 35.5. The number of nitrogens with zero attached hydrogens (tertiary/aromatic N) is 3. The van der Waals surface area contributed by atoms with Crippen LogP contribution in [0.2, 0.25) is 10.0 Å². The van der Waals surface area contributed by atoms with Crippen LogP contribution in [-0.4, -0.2) is 64.3 Å². The maximum absolute atomic E-state index is 15.0. The van der Waals surface area contributed by atoms with Crippen molar-refractivity contribution in [2.24, 2.45) is 0 Å². The number of anilines is 2. The van der Waals surface area contributed by atoms with Gasteiger partial charge >= 0.3 is 5.97 Å². The van der Waals surface area contributed by atoms with E-state index in [1.807, 2.05) is 0 Å². The maximum Gasteiger partial charge on any atom is 0.348 e. The van der Waals surface area contributed by atoms with E-state index in [4.69, 9.17) is 23.2 Å². The normalized spacial score (nSPS) is 18.4. The van der Waals surface area contributed by atoms with Gasteiger partial charge in [0.25, 0.3) is 5.91 Å². The zero-order valence-corrected chi connectivity index (χ0v) is 20.6. The van der Waals surface area contributed by atoms with Crippen molar-refractivity contribution >= 4 is 68.0 Å². The monoisotopic (exact) mass is 532 g/mol. The number of carbonyl (C=O) groups excluding carboxylic acids is 1. The number of alkyl halides is 1. The number of amides is 1. The van der Waals surface area contributed by atoms with Crippen molar-refractivity contribution in [2.75, 3.05) is 30.4 Å². The number of nitrogens with one attached hydrogen (secondary N) is 3. The summed E-state index contributed by atoms with van der Waals surface area (Å²) >= 11 is 14.4. The minimum atomic E-state index is -1.40. The first-order chi connectivity index (χ1) is 15.7. The van der Waals surface area contributed by atoms with E-state index in [0.717, 1.165) is 11.3 Å². The molecule has 3 aromatic heterocycles. The molecule has 0 unspecified atom stereocenters. The van der Waals surface area contributed by atoms with E-state index in [1.165, 1.54) is 11.3 Å². The van der Waals surface area contributed by atoms with Crippen LogP contribution in [0.4, 0.5) is 14.7 Å². The fourth-order valence-corrected chi connectivity index (χ4v) is 5.49. The number of rotatable bonds is 6. The van der Waals surface area contributed by atoms with E-state index < -0.39 is 24.1 Å². The summed E-state index contributed by atoms with van der Waals surface area (Å²) in [4.78, 5) is 37.6. The number of halogens is 3. The third-order valence-corrected chi connectivity index (χ3v) is 8.09. The SMILES string of the molecule is CNc1nc(-c2nc(N3CC[C@@H](NC(=O)c4[nH]c(C)c(Cl)c4Cl)[C@@H](F)C3)sc2C(=O)O)cs1. The van der Waals surface area contributed by atoms with Gasteiger partial charge in [-0.2, -0.15) is 0 Å².